The molecule has 0 aromatic rings. The van der Waals surface area contributed by atoms with Gasteiger partial charge >= 0.3 is 0 Å². The van der Waals surface area contributed by atoms with Crippen molar-refractivity contribution < 1.29 is 14.6 Å². The Labute approximate surface area is 191 Å². The summed E-state index contributed by atoms with van der Waals surface area (Å²) < 4.78 is 12.3. The van der Waals surface area contributed by atoms with Crippen LogP contribution in [0, 0.1) is 46.3 Å². The molecule has 1 saturated heterocycles. The lowest BCUT2D eigenvalue weighted by Crippen LogP contribution is -2.58. The lowest BCUT2D eigenvalue weighted by atomic mass is 9.44. The zero-order chi connectivity index (χ0) is 22.2. The van der Waals surface area contributed by atoms with Crippen LogP contribution in [0.15, 0.2) is 0 Å². The number of fused-ring (bicyclic) bond motifs is 4. The minimum Gasteiger partial charge on any atom is -0.393 e. The maximum absolute atomic E-state index is 10.4. The highest BCUT2D eigenvalue weighted by Crippen LogP contribution is 2.74. The monoisotopic (exact) mass is 432 g/mol. The van der Waals surface area contributed by atoms with Crippen LogP contribution in [0.25, 0.3) is 0 Å². The van der Waals surface area contributed by atoms with E-state index in [0.29, 0.717) is 29.0 Å². The molecular formula is C28H48O3. The molecule has 0 amide bonds. The Hall–Kier alpha value is -0.120. The summed E-state index contributed by atoms with van der Waals surface area (Å²) in [4.78, 5) is 0. The number of epoxide rings is 1. The Bertz CT molecular complexity index is 677. The first-order valence-electron chi connectivity index (χ1n) is 13.5. The van der Waals surface area contributed by atoms with Gasteiger partial charge in [-0.2, -0.15) is 0 Å². The van der Waals surface area contributed by atoms with Crippen LogP contribution in [0.2, 0.25) is 0 Å². The van der Waals surface area contributed by atoms with Gasteiger partial charge in [-0.15, -0.1) is 0 Å². The molecule has 0 radical (unpaired) electrons. The van der Waals surface area contributed by atoms with Gasteiger partial charge in [-0.05, 0) is 98.7 Å². The van der Waals surface area contributed by atoms with Crippen LogP contribution in [0.4, 0.5) is 0 Å². The van der Waals surface area contributed by atoms with Crippen molar-refractivity contribution in [1.82, 2.24) is 0 Å². The molecule has 4 aliphatic carbocycles. The summed E-state index contributed by atoms with van der Waals surface area (Å²) in [6, 6.07) is 0. The first-order chi connectivity index (χ1) is 14.7. The molecule has 3 heteroatoms. The molecule has 11 unspecified atom stereocenters. The third-order valence-electron chi connectivity index (χ3n) is 11.8. The summed E-state index contributed by atoms with van der Waals surface area (Å²) in [6.45, 7) is 12.3. The van der Waals surface area contributed by atoms with Crippen molar-refractivity contribution in [2.45, 2.75) is 123 Å². The molecule has 178 valence electrons. The van der Waals surface area contributed by atoms with Crippen LogP contribution in [0.1, 0.15) is 98.8 Å². The second kappa shape index (κ2) is 7.70. The fourth-order valence-electron chi connectivity index (χ4n) is 9.98. The van der Waals surface area contributed by atoms with Gasteiger partial charge in [-0.3, -0.25) is 0 Å². The average Bonchev–Trinajstić information content (AvgIpc) is 3.29. The van der Waals surface area contributed by atoms with E-state index in [1.165, 1.54) is 51.4 Å². The first-order valence-corrected chi connectivity index (χ1v) is 13.5. The van der Waals surface area contributed by atoms with Gasteiger partial charge in [-0.25, -0.2) is 0 Å². The van der Waals surface area contributed by atoms with Crippen molar-refractivity contribution in [3.05, 3.63) is 0 Å². The number of aliphatic hydroxyl groups excluding tert-OH is 1. The summed E-state index contributed by atoms with van der Waals surface area (Å²) in [7, 11) is 1.89. The van der Waals surface area contributed by atoms with Crippen LogP contribution in [0.5, 0.6) is 0 Å². The standard InChI is InChI=1S/C28H48O3/c1-17(2)24(30-6)10-7-18(3)21-8-9-22-20-15-25-28(31-25)16-19(29)11-14-27(28,5)23(20)12-13-26(21,22)4/h17-25,29H,7-16H2,1-6H3. The van der Waals surface area contributed by atoms with E-state index in [4.69, 9.17) is 9.47 Å². The van der Waals surface area contributed by atoms with E-state index in [-0.39, 0.29) is 11.7 Å². The van der Waals surface area contributed by atoms with E-state index < -0.39 is 0 Å². The predicted octanol–water partition coefficient (Wildman–Crippen LogP) is 6.22. The molecule has 5 aliphatic rings. The summed E-state index contributed by atoms with van der Waals surface area (Å²) in [5.74, 6) is 4.81. The fraction of sp³-hybridized carbons (Fsp3) is 1.00. The summed E-state index contributed by atoms with van der Waals surface area (Å²) in [6.07, 6.45) is 13.2. The maximum Gasteiger partial charge on any atom is 0.103 e. The maximum atomic E-state index is 10.4. The van der Waals surface area contributed by atoms with Crippen LogP contribution in [-0.4, -0.2) is 36.1 Å². The molecule has 0 aromatic carbocycles. The van der Waals surface area contributed by atoms with Gasteiger partial charge in [0.25, 0.3) is 0 Å². The topological polar surface area (TPSA) is 42.0 Å². The van der Waals surface area contributed by atoms with Gasteiger partial charge in [-0.1, -0.05) is 34.6 Å². The number of rotatable bonds is 6. The molecule has 31 heavy (non-hydrogen) atoms. The van der Waals surface area contributed by atoms with E-state index in [9.17, 15) is 5.11 Å². The largest absolute Gasteiger partial charge is 0.393 e. The fourth-order valence-corrected chi connectivity index (χ4v) is 9.98. The molecule has 11 atom stereocenters. The van der Waals surface area contributed by atoms with E-state index >= 15 is 0 Å². The van der Waals surface area contributed by atoms with Crippen molar-refractivity contribution in [2.24, 2.45) is 46.3 Å². The van der Waals surface area contributed by atoms with E-state index in [1.54, 1.807) is 0 Å². The minimum absolute atomic E-state index is 0.0247. The van der Waals surface area contributed by atoms with E-state index in [2.05, 4.69) is 34.6 Å². The van der Waals surface area contributed by atoms with Gasteiger partial charge in [0.2, 0.25) is 0 Å². The third kappa shape index (κ3) is 3.22. The Kier molecular flexibility index (Phi) is 5.63. The Morgan fingerprint density at radius 3 is 2.48 bits per heavy atom. The summed E-state index contributed by atoms with van der Waals surface area (Å²) in [5.41, 5.74) is 0.838. The van der Waals surface area contributed by atoms with Crippen molar-refractivity contribution in [2.75, 3.05) is 7.11 Å². The lowest BCUT2D eigenvalue weighted by molar-refractivity contribution is -0.117. The highest BCUT2D eigenvalue weighted by molar-refractivity contribution is 5.24. The van der Waals surface area contributed by atoms with E-state index in [1.807, 2.05) is 7.11 Å². The molecule has 5 rings (SSSR count). The van der Waals surface area contributed by atoms with Crippen molar-refractivity contribution in [3.8, 4) is 0 Å². The summed E-state index contributed by atoms with van der Waals surface area (Å²) >= 11 is 0. The highest BCUT2D eigenvalue weighted by atomic mass is 16.6. The molecule has 5 fully saturated rings. The molecular weight excluding hydrogens is 384 g/mol. The quantitative estimate of drug-likeness (QED) is 0.506. The van der Waals surface area contributed by atoms with Gasteiger partial charge in [0, 0.05) is 18.9 Å². The highest BCUT2D eigenvalue weighted by Gasteiger charge is 2.76. The molecule has 1 N–H and O–H groups in total. The Morgan fingerprint density at radius 1 is 1.00 bits per heavy atom. The molecule has 0 aromatic heterocycles. The Balaban J connectivity index is 1.31. The minimum atomic E-state index is -0.137. The zero-order valence-corrected chi connectivity index (χ0v) is 21.0. The van der Waals surface area contributed by atoms with Gasteiger partial charge in [0.15, 0.2) is 0 Å². The zero-order valence-electron chi connectivity index (χ0n) is 21.0. The third-order valence-corrected chi connectivity index (χ3v) is 11.8. The second-order valence-electron chi connectivity index (χ2n) is 13.2. The van der Waals surface area contributed by atoms with Crippen molar-refractivity contribution >= 4 is 0 Å². The second-order valence-corrected chi connectivity index (χ2v) is 13.2. The van der Waals surface area contributed by atoms with Crippen LogP contribution in [-0.2, 0) is 9.47 Å². The molecule has 1 heterocycles. The average molecular weight is 433 g/mol. The van der Waals surface area contributed by atoms with Crippen LogP contribution < -0.4 is 0 Å². The molecule has 3 nitrogen and oxygen atoms in total. The van der Waals surface area contributed by atoms with Crippen molar-refractivity contribution in [3.63, 3.8) is 0 Å². The van der Waals surface area contributed by atoms with Gasteiger partial charge in [0.05, 0.1) is 18.3 Å². The van der Waals surface area contributed by atoms with Crippen LogP contribution in [0.3, 0.4) is 0 Å². The molecule has 0 bridgehead atoms. The normalized spacial score (nSPS) is 52.6. The molecule has 4 saturated carbocycles. The van der Waals surface area contributed by atoms with Gasteiger partial charge < -0.3 is 14.6 Å². The molecule has 1 spiro atoms. The summed E-state index contributed by atoms with van der Waals surface area (Å²) in [5, 5.41) is 10.4. The SMILES string of the molecule is COC(CCC(C)C1CCC2C3CC4OC45CC(O)CCC5(C)C3CCC12C)C(C)C. The molecule has 1 aliphatic heterocycles. The smallest absolute Gasteiger partial charge is 0.103 e. The predicted molar refractivity (Wildman–Crippen MR) is 125 cm³/mol. The number of ether oxygens (including phenoxy) is 2. The van der Waals surface area contributed by atoms with E-state index in [0.717, 1.165) is 42.4 Å². The number of hydrogen-bond acceptors (Lipinski definition) is 3. The van der Waals surface area contributed by atoms with Crippen LogP contribution >= 0.6 is 0 Å². The number of aliphatic hydroxyl groups is 1. The number of hydrogen-bond donors (Lipinski definition) is 1. The number of methoxy groups -OCH3 is 1. The van der Waals surface area contributed by atoms with Gasteiger partial charge in [0.1, 0.15) is 5.60 Å². The Morgan fingerprint density at radius 2 is 1.77 bits per heavy atom. The first kappa shape index (κ1) is 22.7. The lowest BCUT2D eigenvalue weighted by Gasteiger charge is -2.59. The van der Waals surface area contributed by atoms with Crippen molar-refractivity contribution in [1.29, 1.82) is 0 Å².